The van der Waals surface area contributed by atoms with Gasteiger partial charge in [-0.25, -0.2) is 4.98 Å². The lowest BCUT2D eigenvalue weighted by atomic mass is 10.4. The maximum atomic E-state index is 10.6. The third-order valence-electron chi connectivity index (χ3n) is 1.82. The number of carboxylic acid groups (broad SMARTS) is 2. The second-order valence-corrected chi connectivity index (χ2v) is 3.96. The summed E-state index contributed by atoms with van der Waals surface area (Å²) in [6.07, 6.45) is 0.741. The number of carbonyl (C=O) groups is 2. The van der Waals surface area contributed by atoms with Crippen molar-refractivity contribution >= 4 is 28.4 Å². The minimum atomic E-state index is -1.07. The van der Waals surface area contributed by atoms with Crippen LogP contribution in [0.3, 0.4) is 0 Å². The molecule has 1 rings (SSSR count). The predicted octanol–water partition coefficient (Wildman–Crippen LogP) is 0.681. The highest BCUT2D eigenvalue weighted by Gasteiger charge is 2.17. The first-order valence-corrected chi connectivity index (χ1v) is 5.53. The quantitative estimate of drug-likeness (QED) is 0.764. The summed E-state index contributed by atoms with van der Waals surface area (Å²) in [6.45, 7) is 1.21. The van der Waals surface area contributed by atoms with Crippen molar-refractivity contribution in [1.82, 2.24) is 4.98 Å². The summed E-state index contributed by atoms with van der Waals surface area (Å²) in [5.41, 5.74) is 0.834. The van der Waals surface area contributed by atoms with Crippen molar-refractivity contribution < 1.29 is 19.8 Å². The highest BCUT2D eigenvalue weighted by atomic mass is 32.1. The van der Waals surface area contributed by atoms with Crippen molar-refractivity contribution in [2.45, 2.75) is 13.3 Å². The van der Waals surface area contributed by atoms with E-state index in [1.54, 1.807) is 5.38 Å². The second-order valence-electron chi connectivity index (χ2n) is 3.12. The third-order valence-corrected chi connectivity index (χ3v) is 2.77. The molecule has 2 N–H and O–H groups in total. The van der Waals surface area contributed by atoms with E-state index in [-0.39, 0.29) is 13.1 Å². The molecule has 0 spiro atoms. The molecule has 0 atom stereocenters. The summed E-state index contributed by atoms with van der Waals surface area (Å²) < 4.78 is 0. The predicted molar refractivity (Wildman–Crippen MR) is 59.0 cm³/mol. The molecule has 0 radical (unpaired) electrons. The average molecular weight is 244 g/mol. The highest BCUT2D eigenvalue weighted by molar-refractivity contribution is 7.13. The Hall–Kier alpha value is -1.63. The Morgan fingerprint density at radius 1 is 1.38 bits per heavy atom. The highest BCUT2D eigenvalue weighted by Crippen LogP contribution is 2.20. The van der Waals surface area contributed by atoms with Gasteiger partial charge in [0.2, 0.25) is 0 Å². The van der Waals surface area contributed by atoms with E-state index in [0.29, 0.717) is 5.13 Å². The smallest absolute Gasteiger partial charge is 0.323 e. The Morgan fingerprint density at radius 2 is 1.94 bits per heavy atom. The van der Waals surface area contributed by atoms with Gasteiger partial charge in [-0.2, -0.15) is 0 Å². The van der Waals surface area contributed by atoms with Gasteiger partial charge in [-0.3, -0.25) is 9.59 Å². The van der Waals surface area contributed by atoms with Crippen LogP contribution < -0.4 is 4.90 Å². The zero-order valence-corrected chi connectivity index (χ0v) is 9.53. The third kappa shape index (κ3) is 3.50. The largest absolute Gasteiger partial charge is 0.480 e. The molecule has 0 aliphatic heterocycles. The molecule has 0 saturated heterocycles. The number of hydrogen-bond donors (Lipinski definition) is 2. The van der Waals surface area contributed by atoms with Gasteiger partial charge < -0.3 is 15.1 Å². The number of carboxylic acids is 2. The van der Waals surface area contributed by atoms with E-state index in [9.17, 15) is 9.59 Å². The summed E-state index contributed by atoms with van der Waals surface area (Å²) in [4.78, 5) is 26.5. The number of thiazole rings is 1. The zero-order chi connectivity index (χ0) is 12.1. The number of hydrogen-bond acceptors (Lipinski definition) is 5. The van der Waals surface area contributed by atoms with E-state index in [4.69, 9.17) is 10.2 Å². The summed E-state index contributed by atoms with van der Waals surface area (Å²) >= 11 is 1.25. The maximum Gasteiger partial charge on any atom is 0.323 e. The molecule has 88 valence electrons. The molecule has 0 aliphatic carbocycles. The van der Waals surface area contributed by atoms with Crippen LogP contribution in [0.15, 0.2) is 5.38 Å². The summed E-state index contributed by atoms with van der Waals surface area (Å²) in [5, 5.41) is 19.6. The molecule has 6 nitrogen and oxygen atoms in total. The Balaban J connectivity index is 2.82. The molecule has 0 aromatic carbocycles. The fourth-order valence-electron chi connectivity index (χ4n) is 1.12. The summed E-state index contributed by atoms with van der Waals surface area (Å²) in [6, 6.07) is 0. The van der Waals surface area contributed by atoms with Crippen molar-refractivity contribution in [2.24, 2.45) is 0 Å². The molecule has 0 unspecified atom stereocenters. The average Bonchev–Trinajstić information content (AvgIpc) is 2.63. The number of aliphatic carboxylic acids is 2. The van der Waals surface area contributed by atoms with E-state index in [0.717, 1.165) is 12.1 Å². The van der Waals surface area contributed by atoms with Crippen LogP contribution in [-0.4, -0.2) is 40.2 Å². The Kier molecular flexibility index (Phi) is 4.24. The molecule has 0 amide bonds. The van der Waals surface area contributed by atoms with E-state index < -0.39 is 11.9 Å². The maximum absolute atomic E-state index is 10.6. The molecule has 0 bridgehead atoms. The van der Waals surface area contributed by atoms with Crippen LogP contribution in [0, 0.1) is 0 Å². The van der Waals surface area contributed by atoms with Gasteiger partial charge in [0.1, 0.15) is 13.1 Å². The van der Waals surface area contributed by atoms with Crippen LogP contribution in [0.25, 0.3) is 0 Å². The lowest BCUT2D eigenvalue weighted by Crippen LogP contribution is -2.34. The van der Waals surface area contributed by atoms with Crippen LogP contribution in [0.5, 0.6) is 0 Å². The van der Waals surface area contributed by atoms with Crippen molar-refractivity contribution in [2.75, 3.05) is 18.0 Å². The summed E-state index contributed by atoms with van der Waals surface area (Å²) in [5.74, 6) is -2.15. The van der Waals surface area contributed by atoms with Crippen molar-refractivity contribution in [3.63, 3.8) is 0 Å². The first-order chi connectivity index (χ1) is 7.52. The fourth-order valence-corrected chi connectivity index (χ4v) is 2.03. The number of rotatable bonds is 6. The van der Waals surface area contributed by atoms with E-state index in [1.807, 2.05) is 6.92 Å². The first kappa shape index (κ1) is 12.4. The molecule has 1 aromatic rings. The lowest BCUT2D eigenvalue weighted by Gasteiger charge is -2.16. The number of aromatic nitrogens is 1. The topological polar surface area (TPSA) is 90.7 Å². The van der Waals surface area contributed by atoms with Gasteiger partial charge in [-0.05, 0) is 6.42 Å². The van der Waals surface area contributed by atoms with Crippen LogP contribution in [0.4, 0.5) is 5.13 Å². The van der Waals surface area contributed by atoms with Crippen LogP contribution >= 0.6 is 11.3 Å². The molecule has 7 heteroatoms. The van der Waals surface area contributed by atoms with Gasteiger partial charge >= 0.3 is 11.9 Å². The minimum Gasteiger partial charge on any atom is -0.480 e. The SMILES string of the molecule is CCc1csc(N(CC(=O)O)CC(=O)O)n1. The number of nitrogens with zero attached hydrogens (tertiary/aromatic N) is 2. The van der Waals surface area contributed by atoms with Crippen LogP contribution in [0.1, 0.15) is 12.6 Å². The van der Waals surface area contributed by atoms with Crippen LogP contribution in [0.2, 0.25) is 0 Å². The molecule has 1 heterocycles. The molecule has 0 saturated carbocycles. The van der Waals surface area contributed by atoms with Crippen molar-refractivity contribution in [1.29, 1.82) is 0 Å². The lowest BCUT2D eigenvalue weighted by molar-refractivity contribution is -0.136. The molecule has 0 aliphatic rings. The Labute approximate surface area is 96.2 Å². The van der Waals surface area contributed by atoms with Gasteiger partial charge in [0, 0.05) is 5.38 Å². The van der Waals surface area contributed by atoms with Gasteiger partial charge in [0.05, 0.1) is 5.69 Å². The van der Waals surface area contributed by atoms with Gasteiger partial charge in [0.25, 0.3) is 0 Å². The van der Waals surface area contributed by atoms with Gasteiger partial charge in [-0.15, -0.1) is 11.3 Å². The first-order valence-electron chi connectivity index (χ1n) is 4.66. The second kappa shape index (κ2) is 5.45. The van der Waals surface area contributed by atoms with E-state index in [2.05, 4.69) is 4.98 Å². The van der Waals surface area contributed by atoms with Gasteiger partial charge in [0.15, 0.2) is 5.13 Å². The normalized spacial score (nSPS) is 10.1. The molecule has 0 fully saturated rings. The summed E-state index contributed by atoms with van der Waals surface area (Å²) in [7, 11) is 0. The standard InChI is InChI=1S/C9H12N2O4S/c1-2-6-5-16-9(10-6)11(3-7(12)13)4-8(14)15/h5H,2-4H2,1H3,(H,12,13)(H,14,15). The number of aryl methyl sites for hydroxylation is 1. The Morgan fingerprint density at radius 3 is 2.31 bits per heavy atom. The van der Waals surface area contributed by atoms with Crippen molar-refractivity contribution in [3.8, 4) is 0 Å². The fraction of sp³-hybridized carbons (Fsp3) is 0.444. The van der Waals surface area contributed by atoms with E-state index >= 15 is 0 Å². The monoisotopic (exact) mass is 244 g/mol. The molecule has 1 aromatic heterocycles. The minimum absolute atomic E-state index is 0.358. The number of anilines is 1. The van der Waals surface area contributed by atoms with Crippen molar-refractivity contribution in [3.05, 3.63) is 11.1 Å². The Bertz CT molecular complexity index is 375. The van der Waals surface area contributed by atoms with E-state index in [1.165, 1.54) is 16.2 Å². The molecular weight excluding hydrogens is 232 g/mol. The zero-order valence-electron chi connectivity index (χ0n) is 8.71. The molecular formula is C9H12N2O4S. The van der Waals surface area contributed by atoms with Gasteiger partial charge in [-0.1, -0.05) is 6.92 Å². The molecule has 16 heavy (non-hydrogen) atoms. The van der Waals surface area contributed by atoms with Crippen LogP contribution in [-0.2, 0) is 16.0 Å².